The van der Waals surface area contributed by atoms with Crippen molar-refractivity contribution in [2.75, 3.05) is 18.0 Å². The molecule has 1 aliphatic carbocycles. The Morgan fingerprint density at radius 3 is 2.54 bits per heavy atom. The molecule has 0 atom stereocenters. The van der Waals surface area contributed by atoms with Gasteiger partial charge in [-0.05, 0) is 56.2 Å². The fourth-order valence-corrected chi connectivity index (χ4v) is 4.12. The lowest BCUT2D eigenvalue weighted by molar-refractivity contribution is 0.0691. The Hall–Kier alpha value is -2.76. The second-order valence-corrected chi connectivity index (χ2v) is 7.08. The van der Waals surface area contributed by atoms with Crippen molar-refractivity contribution in [2.45, 2.75) is 38.5 Å². The van der Waals surface area contributed by atoms with Gasteiger partial charge in [-0.3, -0.25) is 4.79 Å². The minimum Gasteiger partial charge on any atom is -0.506 e. The van der Waals surface area contributed by atoms with Gasteiger partial charge >= 0.3 is 5.97 Å². The summed E-state index contributed by atoms with van der Waals surface area (Å²) >= 11 is 0. The number of aromatic amines is 1. The van der Waals surface area contributed by atoms with Crippen LogP contribution in [0.5, 0.6) is 5.75 Å². The van der Waals surface area contributed by atoms with Crippen LogP contribution in [0.3, 0.4) is 0 Å². The van der Waals surface area contributed by atoms with Crippen molar-refractivity contribution in [3.8, 4) is 17.0 Å². The molecule has 0 unspecified atom stereocenters. The van der Waals surface area contributed by atoms with Crippen LogP contribution in [0.25, 0.3) is 11.3 Å². The van der Waals surface area contributed by atoms with E-state index in [1.165, 1.54) is 18.5 Å². The standard InChI is InChI=1S/C20H22N2O4/c23-18-15-6-2-1-5-12-11-13(22-9-3-4-10-22)7-8-14(12)17(15)21-19(24)16(18)20(25)26/h7-8,11H,1-6,9-10H2,(H,25,26)(H2,21,23,24). The summed E-state index contributed by atoms with van der Waals surface area (Å²) in [6.45, 7) is 2.13. The molecule has 1 aromatic heterocycles. The van der Waals surface area contributed by atoms with Crippen LogP contribution in [0.2, 0.25) is 0 Å². The number of rotatable bonds is 2. The molecule has 3 N–H and O–H groups in total. The van der Waals surface area contributed by atoms with Gasteiger partial charge in [-0.15, -0.1) is 0 Å². The first-order chi connectivity index (χ1) is 12.6. The Morgan fingerprint density at radius 1 is 1.08 bits per heavy atom. The summed E-state index contributed by atoms with van der Waals surface area (Å²) in [7, 11) is 0. The highest BCUT2D eigenvalue weighted by atomic mass is 16.4. The SMILES string of the molecule is O=C(O)c1c(O)c2c([nH]c1=O)-c1ccc(N3CCCC3)cc1CCCC2. The molecular formula is C20H22N2O4. The van der Waals surface area contributed by atoms with Crippen molar-refractivity contribution in [3.63, 3.8) is 0 Å². The van der Waals surface area contributed by atoms with Gasteiger partial charge < -0.3 is 20.1 Å². The average molecular weight is 354 g/mol. The smallest absolute Gasteiger partial charge is 0.345 e. The highest BCUT2D eigenvalue weighted by molar-refractivity contribution is 5.92. The molecule has 1 aromatic carbocycles. The molecule has 2 heterocycles. The summed E-state index contributed by atoms with van der Waals surface area (Å²) in [5.74, 6) is -1.80. The fraction of sp³-hybridized carbons (Fsp3) is 0.400. The number of hydrogen-bond acceptors (Lipinski definition) is 4. The number of hydrogen-bond donors (Lipinski definition) is 3. The van der Waals surface area contributed by atoms with E-state index in [4.69, 9.17) is 0 Å². The van der Waals surface area contributed by atoms with E-state index in [0.717, 1.165) is 43.5 Å². The Morgan fingerprint density at radius 2 is 1.81 bits per heavy atom. The minimum atomic E-state index is -1.40. The number of nitrogens with one attached hydrogen (secondary N) is 1. The molecule has 0 amide bonds. The quantitative estimate of drug-likeness (QED) is 0.771. The third-order valence-electron chi connectivity index (χ3n) is 5.46. The summed E-state index contributed by atoms with van der Waals surface area (Å²) in [5, 5.41) is 19.7. The zero-order chi connectivity index (χ0) is 18.3. The topological polar surface area (TPSA) is 93.6 Å². The molecule has 0 saturated carbocycles. The van der Waals surface area contributed by atoms with Gasteiger partial charge in [0.15, 0.2) is 5.56 Å². The zero-order valence-electron chi connectivity index (χ0n) is 14.5. The predicted octanol–water partition coefficient (Wildman–Crippen LogP) is 2.92. The third-order valence-corrected chi connectivity index (χ3v) is 5.46. The van der Waals surface area contributed by atoms with Crippen LogP contribution in [-0.2, 0) is 12.8 Å². The van der Waals surface area contributed by atoms with E-state index < -0.39 is 22.8 Å². The first-order valence-corrected chi connectivity index (χ1v) is 9.16. The number of pyridine rings is 1. The molecule has 0 bridgehead atoms. The number of aromatic hydroxyl groups is 1. The predicted molar refractivity (Wildman–Crippen MR) is 99.2 cm³/mol. The van der Waals surface area contributed by atoms with Crippen LogP contribution in [0.15, 0.2) is 23.0 Å². The molecule has 1 fully saturated rings. The molecule has 1 saturated heterocycles. The Bertz CT molecular complexity index is 926. The van der Waals surface area contributed by atoms with Crippen molar-refractivity contribution in [1.29, 1.82) is 0 Å². The molecule has 0 radical (unpaired) electrons. The first kappa shape index (κ1) is 16.7. The molecular weight excluding hydrogens is 332 g/mol. The lowest BCUT2D eigenvalue weighted by Gasteiger charge is -2.23. The first-order valence-electron chi connectivity index (χ1n) is 9.16. The number of aromatic nitrogens is 1. The van der Waals surface area contributed by atoms with E-state index in [9.17, 15) is 19.8 Å². The molecule has 0 spiro atoms. The van der Waals surface area contributed by atoms with E-state index in [2.05, 4.69) is 22.0 Å². The lowest BCUT2D eigenvalue weighted by atomic mass is 9.89. The number of carbonyl (C=O) groups is 1. The molecule has 4 rings (SSSR count). The third kappa shape index (κ3) is 2.75. The van der Waals surface area contributed by atoms with E-state index in [-0.39, 0.29) is 0 Å². The molecule has 1 aliphatic heterocycles. The van der Waals surface area contributed by atoms with E-state index in [1.54, 1.807) is 0 Å². The van der Waals surface area contributed by atoms with Gasteiger partial charge in [0.25, 0.3) is 5.56 Å². The summed E-state index contributed by atoms with van der Waals surface area (Å²) < 4.78 is 0. The molecule has 2 aromatic rings. The van der Waals surface area contributed by atoms with Crippen LogP contribution in [0.4, 0.5) is 5.69 Å². The molecule has 136 valence electrons. The molecule has 6 nitrogen and oxygen atoms in total. The maximum Gasteiger partial charge on any atom is 0.345 e. The number of anilines is 1. The van der Waals surface area contributed by atoms with Crippen LogP contribution in [-0.4, -0.2) is 34.3 Å². The largest absolute Gasteiger partial charge is 0.506 e. The normalized spacial score (nSPS) is 16.5. The van der Waals surface area contributed by atoms with Crippen molar-refractivity contribution >= 4 is 11.7 Å². The van der Waals surface area contributed by atoms with Crippen LogP contribution in [0.1, 0.15) is 47.2 Å². The van der Waals surface area contributed by atoms with Gasteiger partial charge in [0, 0.05) is 29.9 Å². The number of benzene rings is 1. The highest BCUT2D eigenvalue weighted by Gasteiger charge is 2.25. The maximum atomic E-state index is 12.2. The van der Waals surface area contributed by atoms with Gasteiger partial charge in [0.05, 0.1) is 5.69 Å². The van der Waals surface area contributed by atoms with Crippen LogP contribution < -0.4 is 10.5 Å². The second-order valence-electron chi connectivity index (χ2n) is 7.08. The van der Waals surface area contributed by atoms with Crippen molar-refractivity contribution in [2.24, 2.45) is 0 Å². The highest BCUT2D eigenvalue weighted by Crippen LogP contribution is 2.37. The monoisotopic (exact) mass is 354 g/mol. The molecule has 6 heteroatoms. The summed E-state index contributed by atoms with van der Waals surface area (Å²) in [6, 6.07) is 6.22. The van der Waals surface area contributed by atoms with Gasteiger partial charge in [-0.2, -0.15) is 0 Å². The molecule has 26 heavy (non-hydrogen) atoms. The van der Waals surface area contributed by atoms with Gasteiger partial charge in [0.2, 0.25) is 0 Å². The zero-order valence-corrected chi connectivity index (χ0v) is 14.5. The van der Waals surface area contributed by atoms with Crippen molar-refractivity contribution in [1.82, 2.24) is 4.98 Å². The Balaban J connectivity index is 1.88. The minimum absolute atomic E-state index is 0.396. The number of H-pyrrole nitrogens is 1. The van der Waals surface area contributed by atoms with Gasteiger partial charge in [0.1, 0.15) is 5.75 Å². The van der Waals surface area contributed by atoms with Crippen molar-refractivity contribution in [3.05, 3.63) is 45.2 Å². The van der Waals surface area contributed by atoms with Crippen LogP contribution in [0, 0.1) is 0 Å². The van der Waals surface area contributed by atoms with Gasteiger partial charge in [-0.25, -0.2) is 4.79 Å². The summed E-state index contributed by atoms with van der Waals surface area (Å²) in [5.41, 5.74) is 2.96. The number of aromatic carboxylic acids is 1. The fourth-order valence-electron chi connectivity index (χ4n) is 4.12. The van der Waals surface area contributed by atoms with Gasteiger partial charge in [-0.1, -0.05) is 6.07 Å². The lowest BCUT2D eigenvalue weighted by Crippen LogP contribution is -2.21. The number of fused-ring (bicyclic) bond motifs is 3. The van der Waals surface area contributed by atoms with Crippen LogP contribution >= 0.6 is 0 Å². The number of carboxylic acids is 1. The number of aryl methyl sites for hydroxylation is 1. The average Bonchev–Trinajstić information content (AvgIpc) is 3.12. The second kappa shape index (κ2) is 6.52. The molecule has 2 aliphatic rings. The summed E-state index contributed by atoms with van der Waals surface area (Å²) in [6.07, 6.45) is 5.65. The summed E-state index contributed by atoms with van der Waals surface area (Å²) in [4.78, 5) is 28.7. The number of nitrogens with zero attached hydrogens (tertiary/aromatic N) is 1. The Labute approximate surface area is 151 Å². The van der Waals surface area contributed by atoms with E-state index >= 15 is 0 Å². The Kier molecular flexibility index (Phi) is 4.18. The maximum absolute atomic E-state index is 12.2. The van der Waals surface area contributed by atoms with E-state index in [1.807, 2.05) is 6.07 Å². The van der Waals surface area contributed by atoms with E-state index in [0.29, 0.717) is 17.7 Å². The number of carboxylic acid groups (broad SMARTS) is 1. The van der Waals surface area contributed by atoms with Crippen molar-refractivity contribution < 1.29 is 15.0 Å².